The molecule has 35 heavy (non-hydrogen) atoms. The van der Waals surface area contributed by atoms with Crippen molar-refractivity contribution in [1.29, 1.82) is 5.41 Å². The summed E-state index contributed by atoms with van der Waals surface area (Å²) in [6.45, 7) is 7.34. The second-order valence-corrected chi connectivity index (χ2v) is 10.2. The normalized spacial score (nSPS) is 28.0. The van der Waals surface area contributed by atoms with Gasteiger partial charge in [-0.3, -0.25) is 5.41 Å². The molecule has 0 saturated carbocycles. The largest absolute Gasteiger partial charge is 0.497 e. The predicted molar refractivity (Wildman–Crippen MR) is 136 cm³/mol. The SMILES string of the molecule is COc1ccc(CN(C(=N)c2cc3ccccc3o2)C2(O)C(C)CN3CC(C)CC2C3)c(OC)c1. The fraction of sp³-hybridized carbons (Fsp3) is 0.464. The number of furan rings is 1. The van der Waals surface area contributed by atoms with Gasteiger partial charge in [0.1, 0.15) is 22.8 Å². The number of rotatable bonds is 6. The highest BCUT2D eigenvalue weighted by Gasteiger charge is 2.54. The average Bonchev–Trinajstić information content (AvgIpc) is 3.29. The van der Waals surface area contributed by atoms with E-state index in [4.69, 9.17) is 13.9 Å². The number of benzene rings is 2. The smallest absolute Gasteiger partial charge is 0.170 e. The molecule has 0 aliphatic carbocycles. The molecule has 186 valence electrons. The number of nitrogens with one attached hydrogen (secondary N) is 1. The highest BCUT2D eigenvalue weighted by atomic mass is 16.5. The van der Waals surface area contributed by atoms with Crippen molar-refractivity contribution in [2.75, 3.05) is 33.9 Å². The van der Waals surface area contributed by atoms with Gasteiger partial charge in [0, 0.05) is 48.5 Å². The lowest BCUT2D eigenvalue weighted by atomic mass is 9.72. The molecule has 0 spiro atoms. The van der Waals surface area contributed by atoms with Gasteiger partial charge in [-0.05, 0) is 36.6 Å². The molecule has 7 heteroatoms. The van der Waals surface area contributed by atoms with E-state index in [9.17, 15) is 10.5 Å². The lowest BCUT2D eigenvalue weighted by Gasteiger charge is -2.57. The van der Waals surface area contributed by atoms with Crippen molar-refractivity contribution in [2.24, 2.45) is 17.8 Å². The summed E-state index contributed by atoms with van der Waals surface area (Å²) in [6.07, 6.45) is 0.918. The maximum atomic E-state index is 12.5. The fourth-order valence-electron chi connectivity index (χ4n) is 6.10. The van der Waals surface area contributed by atoms with Crippen molar-refractivity contribution in [3.63, 3.8) is 0 Å². The standard InChI is InChI=1S/C28H35N3O4/c1-18-11-22-17-30(14-18)15-19(2)28(22,32)31(16-21-9-10-23(33-3)13-25(21)34-4)27(29)26-12-20-7-5-6-8-24(20)35-26/h5-10,12-13,18-19,22,29,32H,11,14-17H2,1-4H3. The summed E-state index contributed by atoms with van der Waals surface area (Å²) >= 11 is 0. The number of hydrogen-bond acceptors (Lipinski definition) is 6. The van der Waals surface area contributed by atoms with E-state index in [1.54, 1.807) is 14.2 Å². The highest BCUT2D eigenvalue weighted by molar-refractivity contribution is 5.98. The van der Waals surface area contributed by atoms with Crippen molar-refractivity contribution in [1.82, 2.24) is 9.80 Å². The molecule has 3 aromatic rings. The first-order valence-corrected chi connectivity index (χ1v) is 12.3. The van der Waals surface area contributed by atoms with Crippen molar-refractivity contribution >= 4 is 16.8 Å². The van der Waals surface area contributed by atoms with Gasteiger partial charge in [-0.25, -0.2) is 0 Å². The zero-order valence-electron chi connectivity index (χ0n) is 21.0. The van der Waals surface area contributed by atoms with E-state index in [2.05, 4.69) is 18.7 Å². The number of nitrogens with zero attached hydrogens (tertiary/aromatic N) is 2. The average molecular weight is 478 g/mol. The molecule has 2 bridgehead atoms. The first-order valence-electron chi connectivity index (χ1n) is 12.3. The number of para-hydroxylation sites is 1. The summed E-state index contributed by atoms with van der Waals surface area (Å²) < 4.78 is 17.2. The van der Waals surface area contributed by atoms with Crippen LogP contribution < -0.4 is 9.47 Å². The van der Waals surface area contributed by atoms with Crippen LogP contribution in [0, 0.1) is 23.2 Å². The quantitative estimate of drug-likeness (QED) is 0.307. The molecule has 0 amide bonds. The maximum absolute atomic E-state index is 12.5. The molecule has 2 aliphatic heterocycles. The van der Waals surface area contributed by atoms with Gasteiger partial charge in [-0.2, -0.15) is 0 Å². The third-order valence-corrected chi connectivity index (χ3v) is 7.78. The predicted octanol–water partition coefficient (Wildman–Crippen LogP) is 4.57. The van der Waals surface area contributed by atoms with E-state index >= 15 is 0 Å². The first-order chi connectivity index (χ1) is 16.8. The minimum Gasteiger partial charge on any atom is -0.497 e. The zero-order chi connectivity index (χ0) is 24.7. The molecular formula is C28H35N3O4. The molecule has 2 N–H and O–H groups in total. The molecule has 5 atom stereocenters. The highest BCUT2D eigenvalue weighted by Crippen LogP contribution is 2.44. The Morgan fingerprint density at radius 1 is 1.11 bits per heavy atom. The van der Waals surface area contributed by atoms with Crippen LogP contribution in [0.4, 0.5) is 0 Å². The van der Waals surface area contributed by atoms with Gasteiger partial charge >= 0.3 is 0 Å². The first kappa shape index (κ1) is 23.7. The molecule has 3 heterocycles. The van der Waals surface area contributed by atoms with Crippen LogP contribution in [0.2, 0.25) is 0 Å². The van der Waals surface area contributed by atoms with Gasteiger partial charge in [0.25, 0.3) is 0 Å². The number of fused-ring (bicyclic) bond motifs is 3. The Hall–Kier alpha value is -3.03. The second-order valence-electron chi connectivity index (χ2n) is 10.2. The molecule has 0 radical (unpaired) electrons. The van der Waals surface area contributed by atoms with Gasteiger partial charge in [0.2, 0.25) is 0 Å². The van der Waals surface area contributed by atoms with E-state index in [1.807, 2.05) is 53.4 Å². The third-order valence-electron chi connectivity index (χ3n) is 7.78. The number of amidine groups is 1. The molecule has 5 rings (SSSR count). The molecule has 5 unspecified atom stereocenters. The molecule has 1 aromatic heterocycles. The van der Waals surface area contributed by atoms with Crippen LogP contribution in [0.1, 0.15) is 31.6 Å². The minimum absolute atomic E-state index is 0.0176. The summed E-state index contributed by atoms with van der Waals surface area (Å²) in [5.41, 5.74) is 0.406. The van der Waals surface area contributed by atoms with Crippen LogP contribution in [0.15, 0.2) is 52.9 Å². The van der Waals surface area contributed by atoms with E-state index in [-0.39, 0.29) is 17.7 Å². The number of ether oxygens (including phenoxy) is 2. The van der Waals surface area contributed by atoms with Crippen LogP contribution in [0.3, 0.4) is 0 Å². The summed E-state index contributed by atoms with van der Waals surface area (Å²) in [7, 11) is 3.26. The van der Waals surface area contributed by atoms with Gasteiger partial charge in [-0.1, -0.05) is 32.0 Å². The Labute approximate surface area is 206 Å². The van der Waals surface area contributed by atoms with Crippen LogP contribution in [-0.4, -0.2) is 60.3 Å². The number of piperidine rings is 2. The van der Waals surface area contributed by atoms with Gasteiger partial charge in [-0.15, -0.1) is 0 Å². The van der Waals surface area contributed by atoms with Crippen LogP contribution >= 0.6 is 0 Å². The van der Waals surface area contributed by atoms with E-state index in [0.29, 0.717) is 29.7 Å². The molecule has 2 fully saturated rings. The molecule has 7 nitrogen and oxygen atoms in total. The molecule has 2 saturated heterocycles. The Balaban J connectivity index is 1.59. The van der Waals surface area contributed by atoms with Gasteiger partial charge in [0.15, 0.2) is 11.6 Å². The molecule has 2 aliphatic rings. The lowest BCUT2D eigenvalue weighted by molar-refractivity contribution is -0.205. The summed E-state index contributed by atoms with van der Waals surface area (Å²) in [6, 6.07) is 15.3. The third kappa shape index (κ3) is 4.17. The van der Waals surface area contributed by atoms with Crippen LogP contribution in [-0.2, 0) is 6.54 Å². The van der Waals surface area contributed by atoms with Crippen molar-refractivity contribution in [3.8, 4) is 11.5 Å². The minimum atomic E-state index is -1.20. The number of methoxy groups -OCH3 is 2. The number of aliphatic hydroxyl groups is 1. The van der Waals surface area contributed by atoms with Crippen molar-refractivity contribution in [2.45, 2.75) is 32.5 Å². The van der Waals surface area contributed by atoms with Gasteiger partial charge < -0.3 is 28.8 Å². The van der Waals surface area contributed by atoms with Crippen molar-refractivity contribution in [3.05, 3.63) is 59.9 Å². The molecular weight excluding hydrogens is 442 g/mol. The Morgan fingerprint density at radius 2 is 1.91 bits per heavy atom. The monoisotopic (exact) mass is 477 g/mol. The molecule has 2 aromatic carbocycles. The lowest BCUT2D eigenvalue weighted by Crippen LogP contribution is -2.68. The topological polar surface area (TPSA) is 82.2 Å². The summed E-state index contributed by atoms with van der Waals surface area (Å²) in [5.74, 6) is 2.45. The maximum Gasteiger partial charge on any atom is 0.170 e. The van der Waals surface area contributed by atoms with E-state index in [1.165, 1.54) is 0 Å². The Morgan fingerprint density at radius 3 is 2.66 bits per heavy atom. The Kier molecular flexibility index (Phi) is 6.23. The van der Waals surface area contributed by atoms with Crippen LogP contribution in [0.5, 0.6) is 11.5 Å². The summed E-state index contributed by atoms with van der Waals surface area (Å²) in [5, 5.41) is 22.8. The van der Waals surface area contributed by atoms with Crippen LogP contribution in [0.25, 0.3) is 11.0 Å². The number of hydrogen-bond donors (Lipinski definition) is 2. The zero-order valence-corrected chi connectivity index (χ0v) is 21.0. The fourth-order valence-corrected chi connectivity index (χ4v) is 6.10. The van der Waals surface area contributed by atoms with E-state index < -0.39 is 5.72 Å². The van der Waals surface area contributed by atoms with Gasteiger partial charge in [0.05, 0.1) is 20.8 Å². The second kappa shape index (κ2) is 9.21. The Bertz CT molecular complexity index is 1190. The van der Waals surface area contributed by atoms with Crippen molar-refractivity contribution < 1.29 is 19.0 Å². The summed E-state index contributed by atoms with van der Waals surface area (Å²) in [4.78, 5) is 4.30. The van der Waals surface area contributed by atoms with E-state index in [0.717, 1.165) is 42.6 Å².